The molecule has 138 valence electrons. The van der Waals surface area contributed by atoms with Gasteiger partial charge in [-0.1, -0.05) is 65.8 Å². The lowest BCUT2D eigenvalue weighted by atomic mass is 9.99. The molecule has 0 fully saturated rings. The third-order valence-electron chi connectivity index (χ3n) is 3.72. The molecule has 6 nitrogen and oxygen atoms in total. The van der Waals surface area contributed by atoms with E-state index in [0.717, 1.165) is 11.1 Å². The Bertz CT molecular complexity index is 901. The Kier molecular flexibility index (Phi) is 6.16. The first kappa shape index (κ1) is 19.0. The number of nitrogen functional groups attached to an aromatic ring is 2. The van der Waals surface area contributed by atoms with Gasteiger partial charge in [-0.3, -0.25) is 4.79 Å². The van der Waals surface area contributed by atoms with Gasteiger partial charge in [0.2, 0.25) is 5.91 Å². The molecular weight excluding hydrogens is 382 g/mol. The molecule has 5 N–H and O–H groups in total. The van der Waals surface area contributed by atoms with Crippen molar-refractivity contribution in [1.29, 1.82) is 0 Å². The van der Waals surface area contributed by atoms with Crippen LogP contribution in [0.25, 0.3) is 0 Å². The van der Waals surface area contributed by atoms with Crippen LogP contribution in [-0.4, -0.2) is 21.6 Å². The zero-order valence-electron chi connectivity index (χ0n) is 14.3. The first-order valence-electron chi connectivity index (χ1n) is 8.14. The van der Waals surface area contributed by atoms with Gasteiger partial charge in [0.05, 0.1) is 11.8 Å². The summed E-state index contributed by atoms with van der Waals surface area (Å²) >= 11 is 7.16. The molecule has 1 amide bonds. The van der Waals surface area contributed by atoms with Crippen LogP contribution >= 0.6 is 23.4 Å². The van der Waals surface area contributed by atoms with Crippen molar-refractivity contribution in [2.45, 2.75) is 11.2 Å². The topological polar surface area (TPSA) is 107 Å². The Hall–Kier alpha value is -2.77. The summed E-state index contributed by atoms with van der Waals surface area (Å²) in [6.45, 7) is 0. The maximum Gasteiger partial charge on any atom is 0.231 e. The smallest absolute Gasteiger partial charge is 0.231 e. The van der Waals surface area contributed by atoms with Gasteiger partial charge in [-0.15, -0.1) is 0 Å². The summed E-state index contributed by atoms with van der Waals surface area (Å²) in [5.74, 6) is 0.524. The lowest BCUT2D eigenvalue weighted by Gasteiger charge is -2.20. The Morgan fingerprint density at radius 3 is 2.22 bits per heavy atom. The SMILES string of the molecule is Nc1cc(N)nc(SCC(=O)NC(c2ccccc2)c2ccc(Cl)cc2)n1. The number of carbonyl (C=O) groups excluding carboxylic acids is 1. The third kappa shape index (κ3) is 5.35. The Balaban J connectivity index is 1.73. The Morgan fingerprint density at radius 1 is 1.00 bits per heavy atom. The van der Waals surface area contributed by atoms with Crippen LogP contribution in [-0.2, 0) is 4.79 Å². The maximum atomic E-state index is 12.5. The van der Waals surface area contributed by atoms with Crippen molar-refractivity contribution in [2.24, 2.45) is 0 Å². The largest absolute Gasteiger partial charge is 0.383 e. The molecule has 2 aromatic carbocycles. The van der Waals surface area contributed by atoms with E-state index in [1.165, 1.54) is 17.8 Å². The number of amides is 1. The molecule has 1 atom stereocenters. The second-order valence-corrected chi connectivity index (χ2v) is 7.13. The number of nitrogens with zero attached hydrogens (tertiary/aromatic N) is 2. The highest BCUT2D eigenvalue weighted by Crippen LogP contribution is 2.24. The Labute approximate surface area is 166 Å². The minimum Gasteiger partial charge on any atom is -0.383 e. The number of hydrogen-bond acceptors (Lipinski definition) is 6. The number of thioether (sulfide) groups is 1. The molecule has 27 heavy (non-hydrogen) atoms. The number of carbonyl (C=O) groups is 1. The van der Waals surface area contributed by atoms with Crippen molar-refractivity contribution >= 4 is 40.9 Å². The van der Waals surface area contributed by atoms with E-state index in [1.807, 2.05) is 42.5 Å². The average molecular weight is 400 g/mol. The predicted molar refractivity (Wildman–Crippen MR) is 109 cm³/mol. The van der Waals surface area contributed by atoms with Crippen LogP contribution in [0.4, 0.5) is 11.6 Å². The van der Waals surface area contributed by atoms with E-state index in [1.54, 1.807) is 12.1 Å². The number of anilines is 2. The van der Waals surface area contributed by atoms with Crippen LogP contribution in [0.3, 0.4) is 0 Å². The molecule has 0 aliphatic carbocycles. The monoisotopic (exact) mass is 399 g/mol. The molecule has 1 aromatic heterocycles. The zero-order chi connectivity index (χ0) is 19.2. The van der Waals surface area contributed by atoms with E-state index in [2.05, 4.69) is 15.3 Å². The van der Waals surface area contributed by atoms with Crippen LogP contribution in [0.15, 0.2) is 65.8 Å². The molecule has 3 aromatic rings. The number of nitrogens with one attached hydrogen (secondary N) is 1. The molecule has 0 aliphatic rings. The normalized spacial score (nSPS) is 11.7. The second kappa shape index (κ2) is 8.75. The van der Waals surface area contributed by atoms with E-state index < -0.39 is 0 Å². The van der Waals surface area contributed by atoms with Gasteiger partial charge in [-0.05, 0) is 23.3 Å². The van der Waals surface area contributed by atoms with Gasteiger partial charge in [-0.25, -0.2) is 9.97 Å². The number of nitrogens with two attached hydrogens (primary N) is 2. The summed E-state index contributed by atoms with van der Waals surface area (Å²) in [6.07, 6.45) is 0. The fraction of sp³-hybridized carbons (Fsp3) is 0.105. The van der Waals surface area contributed by atoms with Crippen LogP contribution in [0.1, 0.15) is 17.2 Å². The first-order valence-corrected chi connectivity index (χ1v) is 9.50. The van der Waals surface area contributed by atoms with Crippen LogP contribution in [0.5, 0.6) is 0 Å². The lowest BCUT2D eigenvalue weighted by molar-refractivity contribution is -0.119. The highest BCUT2D eigenvalue weighted by molar-refractivity contribution is 7.99. The van der Waals surface area contributed by atoms with E-state index in [0.29, 0.717) is 10.2 Å². The van der Waals surface area contributed by atoms with Gasteiger partial charge < -0.3 is 16.8 Å². The highest BCUT2D eigenvalue weighted by atomic mass is 35.5. The van der Waals surface area contributed by atoms with Crippen molar-refractivity contribution in [3.8, 4) is 0 Å². The number of hydrogen-bond donors (Lipinski definition) is 3. The third-order valence-corrected chi connectivity index (χ3v) is 4.82. The molecule has 0 bridgehead atoms. The number of halogens is 1. The fourth-order valence-corrected chi connectivity index (χ4v) is 3.33. The second-order valence-electron chi connectivity index (χ2n) is 5.75. The number of benzene rings is 2. The minimum absolute atomic E-state index is 0.139. The zero-order valence-corrected chi connectivity index (χ0v) is 15.9. The van der Waals surface area contributed by atoms with Crippen LogP contribution in [0.2, 0.25) is 5.02 Å². The van der Waals surface area contributed by atoms with Gasteiger partial charge in [-0.2, -0.15) is 0 Å². The molecule has 8 heteroatoms. The van der Waals surface area contributed by atoms with Gasteiger partial charge in [0.1, 0.15) is 11.6 Å². The van der Waals surface area contributed by atoms with E-state index in [-0.39, 0.29) is 29.3 Å². The van der Waals surface area contributed by atoms with Gasteiger partial charge in [0.25, 0.3) is 0 Å². The number of aromatic nitrogens is 2. The van der Waals surface area contributed by atoms with Crippen LogP contribution in [0, 0.1) is 0 Å². The quantitative estimate of drug-likeness (QED) is 0.433. The van der Waals surface area contributed by atoms with E-state index in [4.69, 9.17) is 23.1 Å². The highest BCUT2D eigenvalue weighted by Gasteiger charge is 2.17. The molecule has 1 unspecified atom stereocenters. The van der Waals surface area contributed by atoms with Gasteiger partial charge in [0.15, 0.2) is 5.16 Å². The van der Waals surface area contributed by atoms with E-state index in [9.17, 15) is 4.79 Å². The Morgan fingerprint density at radius 2 is 1.59 bits per heavy atom. The van der Waals surface area contributed by atoms with Gasteiger partial charge >= 0.3 is 0 Å². The van der Waals surface area contributed by atoms with Crippen molar-refractivity contribution in [3.63, 3.8) is 0 Å². The molecule has 3 rings (SSSR count). The molecule has 0 radical (unpaired) electrons. The first-order chi connectivity index (χ1) is 13.0. The standard InChI is InChI=1S/C19H18ClN5OS/c20-14-8-6-13(7-9-14)18(12-4-2-1-3-5-12)25-17(26)11-27-19-23-15(21)10-16(22)24-19/h1-10,18H,11H2,(H,25,26)(H4,21,22,23,24). The summed E-state index contributed by atoms with van der Waals surface area (Å²) in [5.41, 5.74) is 13.2. The van der Waals surface area contributed by atoms with Crippen LogP contribution < -0.4 is 16.8 Å². The molecule has 0 spiro atoms. The lowest BCUT2D eigenvalue weighted by Crippen LogP contribution is -2.30. The minimum atomic E-state index is -0.289. The molecular formula is C19H18ClN5OS. The predicted octanol–water partition coefficient (Wildman–Crippen LogP) is 3.29. The van der Waals surface area contributed by atoms with E-state index >= 15 is 0 Å². The molecule has 0 aliphatic heterocycles. The molecule has 0 saturated carbocycles. The molecule has 0 saturated heterocycles. The fourth-order valence-electron chi connectivity index (χ4n) is 2.52. The van der Waals surface area contributed by atoms with Gasteiger partial charge in [0, 0.05) is 11.1 Å². The van der Waals surface area contributed by atoms with Crippen molar-refractivity contribution in [3.05, 3.63) is 76.8 Å². The van der Waals surface area contributed by atoms with Crippen molar-refractivity contribution < 1.29 is 4.79 Å². The number of rotatable bonds is 6. The summed E-state index contributed by atoms with van der Waals surface area (Å²) in [5, 5.41) is 4.06. The average Bonchev–Trinajstić information content (AvgIpc) is 2.65. The summed E-state index contributed by atoms with van der Waals surface area (Å²) in [6, 6.07) is 18.3. The maximum absolute atomic E-state index is 12.5. The van der Waals surface area contributed by atoms with Crippen molar-refractivity contribution in [1.82, 2.24) is 15.3 Å². The molecule has 1 heterocycles. The summed E-state index contributed by atoms with van der Waals surface area (Å²) < 4.78 is 0. The van der Waals surface area contributed by atoms with Crippen molar-refractivity contribution in [2.75, 3.05) is 17.2 Å². The summed E-state index contributed by atoms with van der Waals surface area (Å²) in [4.78, 5) is 20.7. The summed E-state index contributed by atoms with van der Waals surface area (Å²) in [7, 11) is 0.